The predicted molar refractivity (Wildman–Crippen MR) is 138 cm³/mol. The van der Waals surface area contributed by atoms with Crippen molar-refractivity contribution in [1.82, 2.24) is 4.90 Å². The number of benzene rings is 1. The zero-order valence-corrected chi connectivity index (χ0v) is 21.6. The number of rotatable bonds is 7. The lowest BCUT2D eigenvalue weighted by Gasteiger charge is -2.22. The van der Waals surface area contributed by atoms with Gasteiger partial charge in [-0.2, -0.15) is 0 Å². The fraction of sp³-hybridized carbons (Fsp3) is 0.556. The van der Waals surface area contributed by atoms with E-state index < -0.39 is 0 Å². The number of amides is 1. The van der Waals surface area contributed by atoms with Gasteiger partial charge in [-0.25, -0.2) is 0 Å². The van der Waals surface area contributed by atoms with E-state index in [9.17, 15) is 4.79 Å². The number of methoxy groups -OCH3 is 1. The maximum Gasteiger partial charge on any atom is 0.260 e. The molecule has 1 aliphatic carbocycles. The molecule has 2 aliphatic rings. The second kappa shape index (κ2) is 17.0. The Balaban J connectivity index is 0.00000148. The summed E-state index contributed by atoms with van der Waals surface area (Å²) in [4.78, 5) is 19.1. The zero-order valence-electron chi connectivity index (χ0n) is 21.6. The van der Waals surface area contributed by atoms with Crippen LogP contribution in [0.25, 0.3) is 0 Å². The minimum Gasteiger partial charge on any atom is -0.493 e. The molecule has 3 rings (SSSR count). The van der Waals surface area contributed by atoms with Crippen molar-refractivity contribution < 1.29 is 14.3 Å². The van der Waals surface area contributed by atoms with Crippen molar-refractivity contribution in [2.24, 2.45) is 4.99 Å². The number of unbranched alkanes of at least 4 members (excludes halogenated alkanes) is 1. The van der Waals surface area contributed by atoms with Crippen molar-refractivity contribution in [1.29, 1.82) is 0 Å². The molecule has 0 aromatic heterocycles. The zero-order chi connectivity index (χ0) is 24.5. The van der Waals surface area contributed by atoms with Crippen LogP contribution in [0.2, 0.25) is 0 Å². The number of ether oxygens (including phenoxy) is 2. The van der Waals surface area contributed by atoms with Gasteiger partial charge in [0.1, 0.15) is 0 Å². The van der Waals surface area contributed by atoms with Crippen molar-refractivity contribution in [2.45, 2.75) is 80.6 Å². The van der Waals surface area contributed by atoms with E-state index >= 15 is 0 Å². The van der Waals surface area contributed by atoms with Gasteiger partial charge < -0.3 is 14.4 Å². The highest BCUT2D eigenvalue weighted by Gasteiger charge is 2.29. The Hall–Kier alpha value is -2.56. The summed E-state index contributed by atoms with van der Waals surface area (Å²) < 4.78 is 11.3. The van der Waals surface area contributed by atoms with Crippen LogP contribution in [0.4, 0.5) is 5.69 Å². The Morgan fingerprint density at radius 1 is 1.09 bits per heavy atom. The third kappa shape index (κ3) is 7.54. The predicted octanol–water partition coefficient (Wildman–Crippen LogP) is 7.73. The molecule has 5 nitrogen and oxygen atoms in total. The van der Waals surface area contributed by atoms with E-state index in [1.54, 1.807) is 19.2 Å². The number of nitrogens with zero attached hydrogens (tertiary/aromatic N) is 2. The third-order valence-corrected chi connectivity index (χ3v) is 4.86. The molecule has 1 amide bonds. The Labute approximate surface area is 196 Å². The molecule has 0 bridgehead atoms. The standard InChI is InChI=1S/C21H26N2O3.3C2H6/c1-4-5-12-26-20-14-17(22-2)16(13-19(20)25-3)21(24)23-11-10-15-8-6-7-9-18(15)23;3*1-2/h7,9,13-14H,2,4-6,8,10-12H2,1,3H3;3*1-2H3. The quantitative estimate of drug-likeness (QED) is 0.319. The third-order valence-electron chi connectivity index (χ3n) is 4.86. The maximum absolute atomic E-state index is 13.2. The molecule has 0 unspecified atom stereocenters. The summed E-state index contributed by atoms with van der Waals surface area (Å²) in [5.74, 6) is 1.07. The Morgan fingerprint density at radius 3 is 2.38 bits per heavy atom. The molecular formula is C27H44N2O3. The molecule has 0 saturated heterocycles. The molecule has 1 aliphatic heterocycles. The van der Waals surface area contributed by atoms with Gasteiger partial charge in [0.05, 0.1) is 25.0 Å². The van der Waals surface area contributed by atoms with Gasteiger partial charge in [-0.1, -0.05) is 61.0 Å². The first-order chi connectivity index (χ1) is 15.7. The van der Waals surface area contributed by atoms with Gasteiger partial charge in [0.25, 0.3) is 5.91 Å². The van der Waals surface area contributed by atoms with Gasteiger partial charge >= 0.3 is 0 Å². The normalized spacial score (nSPS) is 13.4. The molecular weight excluding hydrogens is 400 g/mol. The van der Waals surface area contributed by atoms with Gasteiger partial charge in [-0.3, -0.25) is 9.79 Å². The molecule has 0 spiro atoms. The fourth-order valence-corrected chi connectivity index (χ4v) is 3.41. The summed E-state index contributed by atoms with van der Waals surface area (Å²) in [7, 11) is 1.58. The second-order valence-electron chi connectivity index (χ2n) is 6.52. The number of hydrogen-bond donors (Lipinski definition) is 0. The Morgan fingerprint density at radius 2 is 1.78 bits per heavy atom. The molecule has 0 atom stereocenters. The van der Waals surface area contributed by atoms with Gasteiger partial charge in [-0.15, -0.1) is 0 Å². The van der Waals surface area contributed by atoms with Crippen LogP contribution < -0.4 is 9.47 Å². The van der Waals surface area contributed by atoms with Crippen molar-refractivity contribution in [3.05, 3.63) is 41.1 Å². The van der Waals surface area contributed by atoms with E-state index in [1.165, 1.54) is 5.57 Å². The van der Waals surface area contributed by atoms with E-state index in [2.05, 4.69) is 30.8 Å². The lowest BCUT2D eigenvalue weighted by atomic mass is 10.0. The molecule has 0 N–H and O–H groups in total. The van der Waals surface area contributed by atoms with Crippen LogP contribution in [0.1, 0.15) is 90.9 Å². The molecule has 1 aromatic rings. The number of hydrogen-bond acceptors (Lipinski definition) is 4. The van der Waals surface area contributed by atoms with Gasteiger partial charge in [0, 0.05) is 18.3 Å². The minimum atomic E-state index is -0.0673. The number of allylic oxidation sites excluding steroid dienone is 2. The van der Waals surface area contributed by atoms with Gasteiger partial charge in [0.15, 0.2) is 11.5 Å². The lowest BCUT2D eigenvalue weighted by Crippen LogP contribution is -2.27. The minimum absolute atomic E-state index is 0.0673. The fourth-order valence-electron chi connectivity index (χ4n) is 3.41. The monoisotopic (exact) mass is 444 g/mol. The second-order valence-corrected chi connectivity index (χ2v) is 6.52. The van der Waals surface area contributed by atoms with Crippen molar-refractivity contribution in [3.8, 4) is 11.5 Å². The molecule has 180 valence electrons. The van der Waals surface area contributed by atoms with Crippen LogP contribution in [0.5, 0.6) is 11.5 Å². The molecule has 1 aromatic carbocycles. The van der Waals surface area contributed by atoms with E-state index in [0.29, 0.717) is 35.9 Å². The van der Waals surface area contributed by atoms with Crippen LogP contribution >= 0.6 is 0 Å². The van der Waals surface area contributed by atoms with E-state index in [4.69, 9.17) is 9.47 Å². The summed E-state index contributed by atoms with van der Waals surface area (Å²) in [5, 5.41) is 0. The highest BCUT2D eigenvalue weighted by molar-refractivity contribution is 6.01. The van der Waals surface area contributed by atoms with Crippen LogP contribution in [0.15, 0.2) is 40.5 Å². The lowest BCUT2D eigenvalue weighted by molar-refractivity contribution is 0.0823. The number of carbonyl (C=O) groups is 1. The molecule has 0 radical (unpaired) electrons. The summed E-state index contributed by atoms with van der Waals surface area (Å²) in [6.45, 7) is 19.1. The maximum atomic E-state index is 13.2. The summed E-state index contributed by atoms with van der Waals surface area (Å²) in [5.41, 5.74) is 3.42. The molecule has 0 saturated carbocycles. The molecule has 1 heterocycles. The summed E-state index contributed by atoms with van der Waals surface area (Å²) in [6.07, 6.45) is 9.22. The summed E-state index contributed by atoms with van der Waals surface area (Å²) >= 11 is 0. The van der Waals surface area contributed by atoms with Crippen molar-refractivity contribution >= 4 is 18.3 Å². The van der Waals surface area contributed by atoms with E-state index in [0.717, 1.165) is 37.8 Å². The Kier molecular flexibility index (Phi) is 15.7. The average Bonchev–Trinajstić information content (AvgIpc) is 3.31. The first-order valence-corrected chi connectivity index (χ1v) is 12.2. The topological polar surface area (TPSA) is 51.1 Å². The molecule has 0 fully saturated rings. The van der Waals surface area contributed by atoms with Gasteiger partial charge in [0.2, 0.25) is 0 Å². The van der Waals surface area contributed by atoms with Gasteiger partial charge in [-0.05, 0) is 50.1 Å². The first kappa shape index (κ1) is 29.4. The number of carbonyl (C=O) groups excluding carboxylic acids is 1. The van der Waals surface area contributed by atoms with Crippen molar-refractivity contribution in [3.63, 3.8) is 0 Å². The first-order valence-electron chi connectivity index (χ1n) is 12.2. The van der Waals surface area contributed by atoms with E-state index in [-0.39, 0.29) is 5.91 Å². The smallest absolute Gasteiger partial charge is 0.260 e. The van der Waals surface area contributed by atoms with Crippen LogP contribution in [-0.2, 0) is 0 Å². The highest BCUT2D eigenvalue weighted by Crippen LogP contribution is 2.38. The van der Waals surface area contributed by atoms with Crippen LogP contribution in [0.3, 0.4) is 0 Å². The van der Waals surface area contributed by atoms with Crippen LogP contribution in [-0.4, -0.2) is 37.8 Å². The summed E-state index contributed by atoms with van der Waals surface area (Å²) in [6, 6.07) is 3.47. The number of aliphatic imine (C=N–C) groups is 1. The largest absolute Gasteiger partial charge is 0.493 e. The molecule has 5 heteroatoms. The average molecular weight is 445 g/mol. The Bertz CT molecular complexity index is 766. The van der Waals surface area contributed by atoms with Crippen LogP contribution in [0, 0.1) is 0 Å². The SMILES string of the molecule is C=Nc1cc(OCCCC)c(OC)cc1C(=O)N1CCC2=C1C=CCC2.CC.CC.CC. The molecule has 32 heavy (non-hydrogen) atoms. The van der Waals surface area contributed by atoms with Crippen molar-refractivity contribution in [2.75, 3.05) is 20.3 Å². The van der Waals surface area contributed by atoms with E-state index in [1.807, 2.05) is 46.4 Å². The highest BCUT2D eigenvalue weighted by atomic mass is 16.5.